The van der Waals surface area contributed by atoms with Crippen LogP contribution < -0.4 is 20.7 Å². The van der Waals surface area contributed by atoms with Crippen LogP contribution in [0.1, 0.15) is 19.8 Å². The second-order valence-electron chi connectivity index (χ2n) is 10.9. The second-order valence-corrected chi connectivity index (χ2v) is 12.3. The molecular weight excluding hydrogens is 563 g/mol. The number of benzene rings is 2. The number of rotatable bonds is 6. The molecule has 0 spiro atoms. The lowest BCUT2D eigenvalue weighted by molar-refractivity contribution is 0.0323. The molecule has 13 heteroatoms. The number of fused-ring (bicyclic) bond motifs is 4. The minimum Gasteiger partial charge on any atom is -0.459 e. The van der Waals surface area contributed by atoms with E-state index in [1.807, 2.05) is 11.8 Å². The SMILES string of the molecule is C[C@@H](CN1CC(F)C1)Oc1nc(N2CC3CCC(C2)N3)c2cc(Cl)c(-c3ccc(F)c4sc(N)nc34)c(F)c2n1. The number of piperazine rings is 1. The lowest BCUT2D eigenvalue weighted by Gasteiger charge is -2.36. The number of aromatic nitrogens is 3. The van der Waals surface area contributed by atoms with Crippen molar-refractivity contribution in [1.82, 2.24) is 25.2 Å². The molecule has 0 aliphatic carbocycles. The van der Waals surface area contributed by atoms with Crippen molar-refractivity contribution in [2.24, 2.45) is 0 Å². The Hall–Kier alpha value is -2.93. The zero-order chi connectivity index (χ0) is 27.7. The average molecular weight is 590 g/mol. The summed E-state index contributed by atoms with van der Waals surface area (Å²) in [6.45, 7) is 4.51. The van der Waals surface area contributed by atoms with Crippen LogP contribution in [0.15, 0.2) is 18.2 Å². The number of thiazole rings is 1. The van der Waals surface area contributed by atoms with E-state index in [2.05, 4.69) is 20.2 Å². The number of likely N-dealkylation sites (tertiary alicyclic amines) is 1. The van der Waals surface area contributed by atoms with E-state index in [9.17, 15) is 8.78 Å². The molecule has 210 valence electrons. The van der Waals surface area contributed by atoms with Gasteiger partial charge in [-0.3, -0.25) is 4.90 Å². The highest BCUT2D eigenvalue weighted by atomic mass is 35.5. The minimum absolute atomic E-state index is 0.0347. The number of hydrogen-bond donors (Lipinski definition) is 2. The van der Waals surface area contributed by atoms with Crippen LogP contribution >= 0.6 is 22.9 Å². The maximum atomic E-state index is 16.5. The van der Waals surface area contributed by atoms with Gasteiger partial charge in [0, 0.05) is 61.3 Å². The first-order chi connectivity index (χ1) is 19.2. The Morgan fingerprint density at radius 1 is 1.12 bits per heavy atom. The van der Waals surface area contributed by atoms with E-state index in [-0.39, 0.29) is 43.6 Å². The molecule has 0 radical (unpaired) electrons. The molecule has 2 aromatic heterocycles. The average Bonchev–Trinajstić information content (AvgIpc) is 3.45. The third-order valence-electron chi connectivity index (χ3n) is 7.87. The van der Waals surface area contributed by atoms with Gasteiger partial charge in [-0.15, -0.1) is 0 Å². The fourth-order valence-corrected chi connectivity index (χ4v) is 7.16. The van der Waals surface area contributed by atoms with Crippen molar-refractivity contribution in [2.75, 3.05) is 43.4 Å². The van der Waals surface area contributed by atoms with Gasteiger partial charge in [0.2, 0.25) is 0 Å². The molecule has 3 aliphatic heterocycles. The summed E-state index contributed by atoms with van der Waals surface area (Å²) in [5, 5.41) is 4.37. The lowest BCUT2D eigenvalue weighted by Crippen LogP contribution is -2.51. The van der Waals surface area contributed by atoms with Gasteiger partial charge in [-0.2, -0.15) is 9.97 Å². The normalized spacial score (nSPS) is 22.3. The van der Waals surface area contributed by atoms with Crippen LogP contribution in [0.2, 0.25) is 5.02 Å². The zero-order valence-corrected chi connectivity index (χ0v) is 23.2. The molecule has 4 aromatic rings. The number of anilines is 2. The number of alkyl halides is 1. The van der Waals surface area contributed by atoms with Gasteiger partial charge in [0.05, 0.1) is 15.2 Å². The Labute approximate surface area is 237 Å². The van der Waals surface area contributed by atoms with Gasteiger partial charge in [0.15, 0.2) is 10.9 Å². The predicted molar refractivity (Wildman–Crippen MR) is 151 cm³/mol. The molecule has 3 atom stereocenters. The number of ether oxygens (including phenoxy) is 1. The molecule has 3 N–H and O–H groups in total. The van der Waals surface area contributed by atoms with E-state index in [0.717, 1.165) is 24.2 Å². The molecule has 2 aromatic carbocycles. The van der Waals surface area contributed by atoms with Gasteiger partial charge in [-0.05, 0) is 38.0 Å². The first kappa shape index (κ1) is 26.0. The summed E-state index contributed by atoms with van der Waals surface area (Å²) in [6.07, 6.45) is 0.961. The first-order valence-corrected chi connectivity index (χ1v) is 14.5. The number of hydrogen-bond acceptors (Lipinski definition) is 9. The quantitative estimate of drug-likeness (QED) is 0.332. The fourth-order valence-electron chi connectivity index (χ4n) is 6.10. The predicted octanol–water partition coefficient (Wildman–Crippen LogP) is 4.78. The van der Waals surface area contributed by atoms with Crippen LogP contribution in [0.25, 0.3) is 32.2 Å². The molecule has 3 saturated heterocycles. The molecule has 8 nitrogen and oxygen atoms in total. The third kappa shape index (κ3) is 4.50. The van der Waals surface area contributed by atoms with Crippen molar-refractivity contribution < 1.29 is 17.9 Å². The van der Waals surface area contributed by atoms with Gasteiger partial charge in [-0.25, -0.2) is 18.2 Å². The monoisotopic (exact) mass is 589 g/mol. The first-order valence-electron chi connectivity index (χ1n) is 13.3. The van der Waals surface area contributed by atoms with Crippen molar-refractivity contribution in [2.45, 2.75) is 44.1 Å². The van der Waals surface area contributed by atoms with E-state index in [1.165, 1.54) is 12.1 Å². The van der Waals surface area contributed by atoms with Crippen LogP contribution in [0.3, 0.4) is 0 Å². The molecule has 3 fully saturated rings. The Morgan fingerprint density at radius 2 is 1.88 bits per heavy atom. The molecule has 3 aliphatic rings. The summed E-state index contributed by atoms with van der Waals surface area (Å²) in [5.41, 5.74) is 6.53. The van der Waals surface area contributed by atoms with Gasteiger partial charge in [-0.1, -0.05) is 22.9 Å². The molecule has 40 heavy (non-hydrogen) atoms. The highest BCUT2D eigenvalue weighted by Crippen LogP contribution is 2.43. The number of nitrogens with two attached hydrogens (primary N) is 1. The Morgan fingerprint density at radius 3 is 2.60 bits per heavy atom. The van der Waals surface area contributed by atoms with E-state index in [0.29, 0.717) is 61.6 Å². The van der Waals surface area contributed by atoms with Crippen LogP contribution in [-0.2, 0) is 0 Å². The van der Waals surface area contributed by atoms with Crippen LogP contribution in [0.5, 0.6) is 6.01 Å². The zero-order valence-electron chi connectivity index (χ0n) is 21.6. The smallest absolute Gasteiger partial charge is 0.319 e. The summed E-state index contributed by atoms with van der Waals surface area (Å²) in [6, 6.07) is 5.03. The molecular formula is C27H27ClF3N7OS. The highest BCUT2D eigenvalue weighted by molar-refractivity contribution is 7.22. The number of nitrogens with one attached hydrogen (secondary N) is 1. The summed E-state index contributed by atoms with van der Waals surface area (Å²) in [5.74, 6) is -0.619. The summed E-state index contributed by atoms with van der Waals surface area (Å²) in [4.78, 5) is 17.6. The largest absolute Gasteiger partial charge is 0.459 e. The summed E-state index contributed by atoms with van der Waals surface area (Å²) >= 11 is 7.73. The maximum absolute atomic E-state index is 16.5. The molecule has 2 unspecified atom stereocenters. The van der Waals surface area contributed by atoms with E-state index in [1.54, 1.807) is 6.07 Å². The molecule has 5 heterocycles. The second kappa shape index (κ2) is 9.86. The van der Waals surface area contributed by atoms with Gasteiger partial charge in [0.25, 0.3) is 0 Å². The fraction of sp³-hybridized carbons (Fsp3) is 0.444. The Kier molecular flexibility index (Phi) is 6.41. The van der Waals surface area contributed by atoms with Crippen molar-refractivity contribution in [1.29, 1.82) is 0 Å². The third-order valence-corrected chi connectivity index (χ3v) is 9.07. The van der Waals surface area contributed by atoms with Crippen LogP contribution in [0, 0.1) is 11.6 Å². The number of nitrogen functional groups attached to an aromatic ring is 1. The lowest BCUT2D eigenvalue weighted by atomic mass is 10.0. The van der Waals surface area contributed by atoms with Crippen molar-refractivity contribution in [3.63, 3.8) is 0 Å². The van der Waals surface area contributed by atoms with Gasteiger partial charge < -0.3 is 20.7 Å². The molecule has 2 bridgehead atoms. The molecule has 0 amide bonds. The van der Waals surface area contributed by atoms with E-state index in [4.69, 9.17) is 27.1 Å². The van der Waals surface area contributed by atoms with E-state index >= 15 is 4.39 Å². The highest BCUT2D eigenvalue weighted by Gasteiger charge is 2.35. The van der Waals surface area contributed by atoms with Crippen molar-refractivity contribution in [3.8, 4) is 17.1 Å². The van der Waals surface area contributed by atoms with Gasteiger partial charge in [0.1, 0.15) is 29.4 Å². The van der Waals surface area contributed by atoms with Crippen molar-refractivity contribution >= 4 is 55.0 Å². The van der Waals surface area contributed by atoms with Crippen molar-refractivity contribution in [3.05, 3.63) is 34.9 Å². The summed E-state index contributed by atoms with van der Waals surface area (Å²) in [7, 11) is 0. The standard InChI is InChI=1S/C27H27ClF3N7OS/c1-12(7-37-8-13(29)9-37)39-27-35-22-17(25(36-27)38-10-14-2-3-15(11-38)33-14)6-18(28)20(21(22)31)16-4-5-19(30)24-23(16)34-26(32)40-24/h4-6,12-15,33H,2-3,7-11H2,1H3,(H2,32,34)/t12-,14?,15?/m0/s1. The number of nitrogens with zero attached hydrogens (tertiary/aromatic N) is 5. The van der Waals surface area contributed by atoms with Crippen LogP contribution in [-0.4, -0.2) is 76.9 Å². The molecule has 7 rings (SSSR count). The minimum atomic E-state index is -0.818. The van der Waals surface area contributed by atoms with Crippen LogP contribution in [0.4, 0.5) is 24.1 Å². The molecule has 0 saturated carbocycles. The summed E-state index contributed by atoms with van der Waals surface area (Å²) < 4.78 is 50.7. The Bertz CT molecular complexity index is 1620. The maximum Gasteiger partial charge on any atom is 0.319 e. The number of halogens is 4. The topological polar surface area (TPSA) is 92.4 Å². The van der Waals surface area contributed by atoms with Gasteiger partial charge >= 0.3 is 6.01 Å². The van der Waals surface area contributed by atoms with E-state index < -0.39 is 17.8 Å². The Balaban J connectivity index is 1.36.